The molecule has 0 unspecified atom stereocenters. The predicted molar refractivity (Wildman–Crippen MR) is 132 cm³/mol. The number of hydrogen-bond acceptors (Lipinski definition) is 5. The number of carbonyl (C=O) groups is 1. The fourth-order valence-electron chi connectivity index (χ4n) is 3.88. The van der Waals surface area contributed by atoms with Crippen LogP contribution < -0.4 is 10.5 Å². The highest BCUT2D eigenvalue weighted by Crippen LogP contribution is 2.36. The standard InChI is InChI=1S/C23H19N5O2S2/c1-14-20(22(30)28(26(14)3)15-9-5-4-6-10-15)27-21(29)18(32-23(27)31)13-19-24-16-11-7-8-12-17(16)25(19)2/h4-13H,1-3H3/b18-13+. The molecule has 2 aromatic carbocycles. The quantitative estimate of drug-likeness (QED) is 0.343. The number of fused-ring (bicyclic) bond motifs is 1. The zero-order valence-electron chi connectivity index (χ0n) is 17.6. The Morgan fingerprint density at radius 3 is 2.41 bits per heavy atom. The van der Waals surface area contributed by atoms with Gasteiger partial charge in [0.1, 0.15) is 11.5 Å². The molecule has 1 saturated heterocycles. The summed E-state index contributed by atoms with van der Waals surface area (Å²) in [4.78, 5) is 33.1. The third-order valence-electron chi connectivity index (χ3n) is 5.62. The van der Waals surface area contributed by atoms with E-state index in [-0.39, 0.29) is 17.2 Å². The lowest BCUT2D eigenvalue weighted by Crippen LogP contribution is -2.33. The maximum atomic E-state index is 13.4. The molecule has 0 saturated carbocycles. The molecule has 3 heterocycles. The van der Waals surface area contributed by atoms with Gasteiger partial charge in [0.2, 0.25) is 0 Å². The molecule has 9 heteroatoms. The van der Waals surface area contributed by atoms with Crippen LogP contribution >= 0.6 is 24.0 Å². The van der Waals surface area contributed by atoms with Crippen LogP contribution in [0, 0.1) is 6.92 Å². The van der Waals surface area contributed by atoms with Gasteiger partial charge in [-0.1, -0.05) is 54.3 Å². The largest absolute Gasteiger partial charge is 0.328 e. The maximum absolute atomic E-state index is 13.4. The molecular formula is C23H19N5O2S2. The Bertz CT molecular complexity index is 1490. The number of aromatic nitrogens is 4. The lowest BCUT2D eigenvalue weighted by atomic mass is 10.3. The van der Waals surface area contributed by atoms with Crippen molar-refractivity contribution in [3.05, 3.63) is 81.4 Å². The van der Waals surface area contributed by atoms with Crippen LogP contribution in [0.15, 0.2) is 64.3 Å². The van der Waals surface area contributed by atoms with Gasteiger partial charge in [0.15, 0.2) is 4.32 Å². The average molecular weight is 462 g/mol. The van der Waals surface area contributed by atoms with Crippen molar-refractivity contribution < 1.29 is 4.79 Å². The van der Waals surface area contributed by atoms with E-state index in [1.807, 2.05) is 73.1 Å². The fraction of sp³-hybridized carbons (Fsp3) is 0.130. The van der Waals surface area contributed by atoms with Gasteiger partial charge in [-0.2, -0.15) is 0 Å². The van der Waals surface area contributed by atoms with Crippen molar-refractivity contribution in [3.8, 4) is 5.69 Å². The summed E-state index contributed by atoms with van der Waals surface area (Å²) < 4.78 is 5.53. The van der Waals surface area contributed by atoms with Crippen LogP contribution in [-0.4, -0.2) is 29.1 Å². The normalized spacial score (nSPS) is 15.5. The first-order valence-electron chi connectivity index (χ1n) is 9.92. The highest BCUT2D eigenvalue weighted by atomic mass is 32.2. The number of thiocarbonyl (C=S) groups is 1. The molecule has 1 aliphatic rings. The summed E-state index contributed by atoms with van der Waals surface area (Å²) >= 11 is 6.70. The smallest absolute Gasteiger partial charge is 0.296 e. The van der Waals surface area contributed by atoms with Crippen molar-refractivity contribution in [3.63, 3.8) is 0 Å². The molecule has 1 aliphatic heterocycles. The number of hydrogen-bond donors (Lipinski definition) is 0. The van der Waals surface area contributed by atoms with Crippen molar-refractivity contribution in [2.24, 2.45) is 14.1 Å². The molecule has 0 N–H and O–H groups in total. The van der Waals surface area contributed by atoms with Gasteiger partial charge >= 0.3 is 0 Å². The minimum absolute atomic E-state index is 0.271. The van der Waals surface area contributed by atoms with Gasteiger partial charge in [0.05, 0.1) is 27.3 Å². The lowest BCUT2D eigenvalue weighted by molar-refractivity contribution is -0.113. The van der Waals surface area contributed by atoms with Gasteiger partial charge in [-0.15, -0.1) is 0 Å². The number of carbonyl (C=O) groups excluding carboxylic acids is 1. The Labute approximate surface area is 193 Å². The summed E-state index contributed by atoms with van der Waals surface area (Å²) in [7, 11) is 3.70. The summed E-state index contributed by atoms with van der Waals surface area (Å²) in [6, 6.07) is 17.1. The summed E-state index contributed by atoms with van der Waals surface area (Å²) in [5.41, 5.74) is 3.16. The van der Waals surface area contributed by atoms with Crippen LogP contribution in [0.3, 0.4) is 0 Å². The predicted octanol–water partition coefficient (Wildman–Crippen LogP) is 3.78. The summed E-state index contributed by atoms with van der Waals surface area (Å²) in [5.74, 6) is 0.330. The second-order valence-electron chi connectivity index (χ2n) is 7.44. The number of anilines is 1. The number of benzene rings is 2. The summed E-state index contributed by atoms with van der Waals surface area (Å²) in [5, 5.41) is 0. The van der Waals surface area contributed by atoms with Crippen molar-refractivity contribution in [2.45, 2.75) is 6.92 Å². The maximum Gasteiger partial charge on any atom is 0.296 e. The number of para-hydroxylation sites is 3. The number of amides is 1. The first kappa shape index (κ1) is 20.5. The second kappa shape index (κ2) is 7.61. The monoisotopic (exact) mass is 461 g/mol. The van der Waals surface area contributed by atoms with E-state index in [0.717, 1.165) is 16.7 Å². The van der Waals surface area contributed by atoms with Gasteiger partial charge < -0.3 is 4.57 Å². The lowest BCUT2D eigenvalue weighted by Gasteiger charge is -2.12. The second-order valence-corrected chi connectivity index (χ2v) is 9.12. The third-order valence-corrected chi connectivity index (χ3v) is 6.93. The molecule has 4 aromatic rings. The van der Waals surface area contributed by atoms with E-state index in [1.54, 1.807) is 22.5 Å². The number of rotatable bonds is 3. The van der Waals surface area contributed by atoms with E-state index < -0.39 is 0 Å². The molecule has 7 nitrogen and oxygen atoms in total. The molecule has 32 heavy (non-hydrogen) atoms. The van der Waals surface area contributed by atoms with Crippen LogP contribution in [0.2, 0.25) is 0 Å². The molecule has 1 fully saturated rings. The van der Waals surface area contributed by atoms with Gasteiger partial charge in [0, 0.05) is 20.2 Å². The molecule has 0 atom stereocenters. The van der Waals surface area contributed by atoms with Crippen LogP contribution in [0.25, 0.3) is 22.8 Å². The molecule has 0 radical (unpaired) electrons. The SMILES string of the molecule is Cc1c(N2C(=O)/C(=C\c3nc4ccccc4n3C)SC2=S)c(=O)n(-c2ccccc2)n1C. The van der Waals surface area contributed by atoms with E-state index >= 15 is 0 Å². The number of aryl methyl sites for hydroxylation is 1. The highest BCUT2D eigenvalue weighted by molar-refractivity contribution is 8.27. The molecule has 5 rings (SSSR count). The molecule has 0 bridgehead atoms. The van der Waals surface area contributed by atoms with E-state index in [1.165, 1.54) is 16.7 Å². The first-order chi connectivity index (χ1) is 15.4. The van der Waals surface area contributed by atoms with Crippen LogP contribution in [0.1, 0.15) is 11.5 Å². The third kappa shape index (κ3) is 3.04. The molecule has 2 aromatic heterocycles. The van der Waals surface area contributed by atoms with Crippen LogP contribution in [0.5, 0.6) is 0 Å². The number of thioether (sulfide) groups is 1. The van der Waals surface area contributed by atoms with Crippen LogP contribution in [-0.2, 0) is 18.9 Å². The zero-order valence-corrected chi connectivity index (χ0v) is 19.3. The topological polar surface area (TPSA) is 65.1 Å². The van der Waals surface area contributed by atoms with Crippen molar-refractivity contribution in [1.82, 2.24) is 18.9 Å². The highest BCUT2D eigenvalue weighted by Gasteiger charge is 2.38. The minimum Gasteiger partial charge on any atom is -0.328 e. The Morgan fingerprint density at radius 2 is 1.69 bits per heavy atom. The molecule has 1 amide bonds. The molecular weight excluding hydrogens is 442 g/mol. The minimum atomic E-state index is -0.321. The van der Waals surface area contributed by atoms with Crippen LogP contribution in [0.4, 0.5) is 5.69 Å². The van der Waals surface area contributed by atoms with E-state index in [4.69, 9.17) is 12.2 Å². The number of imidazole rings is 1. The van der Waals surface area contributed by atoms with Gasteiger partial charge in [0.25, 0.3) is 11.5 Å². The molecule has 0 spiro atoms. The Balaban J connectivity index is 1.59. The summed E-state index contributed by atoms with van der Waals surface area (Å²) in [6.45, 7) is 1.81. The Hall–Kier alpha value is -3.43. The van der Waals surface area contributed by atoms with E-state index in [9.17, 15) is 9.59 Å². The van der Waals surface area contributed by atoms with Gasteiger partial charge in [-0.25, -0.2) is 9.67 Å². The summed E-state index contributed by atoms with van der Waals surface area (Å²) in [6.07, 6.45) is 1.73. The van der Waals surface area contributed by atoms with Crippen molar-refractivity contribution >= 4 is 57.0 Å². The first-order valence-corrected chi connectivity index (χ1v) is 11.1. The zero-order chi connectivity index (χ0) is 22.6. The van der Waals surface area contributed by atoms with Crippen molar-refractivity contribution in [2.75, 3.05) is 4.90 Å². The van der Waals surface area contributed by atoms with E-state index in [0.29, 0.717) is 20.7 Å². The average Bonchev–Trinajstić information content (AvgIpc) is 3.33. The van der Waals surface area contributed by atoms with E-state index in [2.05, 4.69) is 4.98 Å². The van der Waals surface area contributed by atoms with Crippen molar-refractivity contribution in [1.29, 1.82) is 0 Å². The van der Waals surface area contributed by atoms with Gasteiger partial charge in [-0.3, -0.25) is 19.2 Å². The number of nitrogens with zero attached hydrogens (tertiary/aromatic N) is 5. The fourth-order valence-corrected chi connectivity index (χ4v) is 5.12. The Kier molecular flexibility index (Phi) is 4.87. The molecule has 0 aliphatic carbocycles. The van der Waals surface area contributed by atoms with Gasteiger partial charge in [-0.05, 0) is 31.2 Å². The Morgan fingerprint density at radius 1 is 1.00 bits per heavy atom. The molecule has 160 valence electrons.